The molecule has 0 aromatic heterocycles. The minimum Gasteiger partial charge on any atom is -0.497 e. The van der Waals surface area contributed by atoms with E-state index in [1.54, 1.807) is 18.9 Å². The summed E-state index contributed by atoms with van der Waals surface area (Å²) in [6.45, 7) is 2.06. The van der Waals surface area contributed by atoms with Crippen LogP contribution in [-0.2, 0) is 6.42 Å². The molecule has 100 valence electrons. The van der Waals surface area contributed by atoms with Crippen LogP contribution in [0.15, 0.2) is 47.4 Å². The van der Waals surface area contributed by atoms with Crippen LogP contribution < -0.4 is 10.5 Å². The van der Waals surface area contributed by atoms with Crippen molar-refractivity contribution in [3.63, 3.8) is 0 Å². The third-order valence-corrected chi connectivity index (χ3v) is 4.06. The maximum Gasteiger partial charge on any atom is 0.118 e. The molecule has 0 aliphatic heterocycles. The molecule has 2 aromatic carbocycles. The van der Waals surface area contributed by atoms with Gasteiger partial charge in [0, 0.05) is 16.3 Å². The molecule has 0 atom stereocenters. The van der Waals surface area contributed by atoms with Gasteiger partial charge in [0.1, 0.15) is 5.75 Å². The monoisotopic (exact) mass is 273 g/mol. The van der Waals surface area contributed by atoms with Crippen molar-refractivity contribution in [2.24, 2.45) is 0 Å². The van der Waals surface area contributed by atoms with Crippen LogP contribution >= 0.6 is 11.8 Å². The van der Waals surface area contributed by atoms with Gasteiger partial charge in [-0.1, -0.05) is 18.2 Å². The Bertz CT molecular complexity index is 537. The van der Waals surface area contributed by atoms with Crippen LogP contribution in [0.5, 0.6) is 5.75 Å². The zero-order valence-electron chi connectivity index (χ0n) is 11.3. The van der Waals surface area contributed by atoms with E-state index in [9.17, 15) is 0 Å². The summed E-state index contributed by atoms with van der Waals surface area (Å²) in [6, 6.07) is 14.4. The van der Waals surface area contributed by atoms with E-state index >= 15 is 0 Å². The second-order valence-electron chi connectivity index (χ2n) is 4.49. The quantitative estimate of drug-likeness (QED) is 0.662. The van der Waals surface area contributed by atoms with Gasteiger partial charge < -0.3 is 10.5 Å². The number of hydrogen-bond acceptors (Lipinski definition) is 3. The van der Waals surface area contributed by atoms with Crippen LogP contribution in [-0.4, -0.2) is 12.9 Å². The van der Waals surface area contributed by atoms with Crippen molar-refractivity contribution in [3.8, 4) is 5.75 Å². The van der Waals surface area contributed by atoms with Crippen LogP contribution in [0.25, 0.3) is 0 Å². The smallest absolute Gasteiger partial charge is 0.118 e. The van der Waals surface area contributed by atoms with E-state index in [1.165, 1.54) is 16.0 Å². The fourth-order valence-electron chi connectivity index (χ4n) is 1.87. The number of ether oxygens (including phenoxy) is 1. The molecule has 0 amide bonds. The molecule has 0 saturated heterocycles. The Balaban J connectivity index is 1.88. The summed E-state index contributed by atoms with van der Waals surface area (Å²) in [5, 5.41) is 0. The van der Waals surface area contributed by atoms with Crippen LogP contribution in [0.2, 0.25) is 0 Å². The van der Waals surface area contributed by atoms with Gasteiger partial charge in [-0.25, -0.2) is 0 Å². The van der Waals surface area contributed by atoms with Crippen molar-refractivity contribution >= 4 is 17.4 Å². The molecule has 0 radical (unpaired) electrons. The summed E-state index contributed by atoms with van der Waals surface area (Å²) in [5.74, 6) is 1.93. The summed E-state index contributed by atoms with van der Waals surface area (Å²) < 4.78 is 5.15. The van der Waals surface area contributed by atoms with Crippen molar-refractivity contribution in [3.05, 3.63) is 53.6 Å². The van der Waals surface area contributed by atoms with Gasteiger partial charge in [0.05, 0.1) is 7.11 Å². The predicted octanol–water partition coefficient (Wildman–Crippen LogP) is 3.92. The molecule has 0 heterocycles. The molecule has 2 aromatic rings. The lowest BCUT2D eigenvalue weighted by Gasteiger charge is -2.07. The third kappa shape index (κ3) is 3.93. The fraction of sp³-hybridized carbons (Fsp3) is 0.250. The molecular formula is C16H19NOS. The molecule has 2 N–H and O–H groups in total. The minimum absolute atomic E-state index is 0.875. The molecule has 0 aliphatic carbocycles. The van der Waals surface area contributed by atoms with Gasteiger partial charge in [-0.3, -0.25) is 0 Å². The number of nitrogen functional groups attached to an aromatic ring is 1. The van der Waals surface area contributed by atoms with Crippen LogP contribution in [0, 0.1) is 6.92 Å². The Morgan fingerprint density at radius 2 is 1.84 bits per heavy atom. The van der Waals surface area contributed by atoms with Gasteiger partial charge in [-0.05, 0) is 48.7 Å². The molecule has 0 saturated carbocycles. The normalized spacial score (nSPS) is 10.4. The van der Waals surface area contributed by atoms with E-state index in [0.717, 1.165) is 23.6 Å². The lowest BCUT2D eigenvalue weighted by molar-refractivity contribution is 0.414. The number of benzene rings is 2. The zero-order valence-corrected chi connectivity index (χ0v) is 12.2. The van der Waals surface area contributed by atoms with E-state index < -0.39 is 0 Å². The third-order valence-electron chi connectivity index (χ3n) is 2.97. The number of aryl methyl sites for hydroxylation is 2. The Hall–Kier alpha value is -1.61. The summed E-state index contributed by atoms with van der Waals surface area (Å²) in [5.41, 5.74) is 9.40. The number of rotatable bonds is 5. The average molecular weight is 273 g/mol. The van der Waals surface area contributed by atoms with E-state index in [2.05, 4.69) is 31.2 Å². The summed E-state index contributed by atoms with van der Waals surface area (Å²) in [6.07, 6.45) is 1.03. The number of thioether (sulfide) groups is 1. The summed E-state index contributed by atoms with van der Waals surface area (Å²) in [7, 11) is 1.69. The van der Waals surface area contributed by atoms with Gasteiger partial charge in [-0.15, -0.1) is 11.8 Å². The number of hydrogen-bond donors (Lipinski definition) is 1. The number of nitrogens with two attached hydrogens (primary N) is 1. The topological polar surface area (TPSA) is 35.2 Å². The van der Waals surface area contributed by atoms with Gasteiger partial charge in [0.2, 0.25) is 0 Å². The largest absolute Gasteiger partial charge is 0.497 e. The average Bonchev–Trinajstić information content (AvgIpc) is 2.42. The number of anilines is 1. The zero-order chi connectivity index (χ0) is 13.7. The number of methoxy groups -OCH3 is 1. The van der Waals surface area contributed by atoms with Gasteiger partial charge in [0.15, 0.2) is 0 Å². The molecule has 19 heavy (non-hydrogen) atoms. The molecule has 0 unspecified atom stereocenters. The molecule has 0 aliphatic rings. The highest BCUT2D eigenvalue weighted by Crippen LogP contribution is 2.26. The Kier molecular flexibility index (Phi) is 4.74. The lowest BCUT2D eigenvalue weighted by atomic mass is 10.2. The standard InChI is InChI=1S/C16H19NOS/c1-12-3-8-16(15(17)11-12)19-10-9-13-4-6-14(18-2)7-5-13/h3-8,11H,9-10,17H2,1-2H3. The van der Waals surface area contributed by atoms with Gasteiger partial charge in [-0.2, -0.15) is 0 Å². The maximum absolute atomic E-state index is 6.00. The predicted molar refractivity (Wildman–Crippen MR) is 83.0 cm³/mol. The van der Waals surface area contributed by atoms with Crippen LogP contribution in [0.3, 0.4) is 0 Å². The molecule has 2 rings (SSSR count). The van der Waals surface area contributed by atoms with Crippen molar-refractivity contribution < 1.29 is 4.74 Å². The highest BCUT2D eigenvalue weighted by atomic mass is 32.2. The Morgan fingerprint density at radius 3 is 2.47 bits per heavy atom. The fourth-order valence-corrected chi connectivity index (χ4v) is 2.82. The van der Waals surface area contributed by atoms with E-state index in [0.29, 0.717) is 0 Å². The first kappa shape index (κ1) is 13.8. The highest BCUT2D eigenvalue weighted by Gasteiger charge is 2.01. The second kappa shape index (κ2) is 6.53. The van der Waals surface area contributed by atoms with Crippen molar-refractivity contribution in [2.45, 2.75) is 18.2 Å². The van der Waals surface area contributed by atoms with Crippen LogP contribution in [0.1, 0.15) is 11.1 Å². The molecule has 0 spiro atoms. The highest BCUT2D eigenvalue weighted by molar-refractivity contribution is 7.99. The Morgan fingerprint density at radius 1 is 1.11 bits per heavy atom. The molecule has 0 bridgehead atoms. The molecule has 3 heteroatoms. The van der Waals surface area contributed by atoms with Crippen molar-refractivity contribution in [2.75, 3.05) is 18.6 Å². The summed E-state index contributed by atoms with van der Waals surface area (Å²) >= 11 is 1.80. The Labute approximate surface area is 119 Å². The molecular weight excluding hydrogens is 254 g/mol. The first-order valence-electron chi connectivity index (χ1n) is 6.31. The first-order valence-corrected chi connectivity index (χ1v) is 7.29. The first-order chi connectivity index (χ1) is 9.19. The SMILES string of the molecule is COc1ccc(CCSc2ccc(C)cc2N)cc1. The second-order valence-corrected chi connectivity index (χ2v) is 5.62. The van der Waals surface area contributed by atoms with Crippen molar-refractivity contribution in [1.29, 1.82) is 0 Å². The summed E-state index contributed by atoms with van der Waals surface area (Å²) in [4.78, 5) is 1.17. The minimum atomic E-state index is 0.875. The van der Waals surface area contributed by atoms with Crippen LogP contribution in [0.4, 0.5) is 5.69 Å². The van der Waals surface area contributed by atoms with E-state index in [-0.39, 0.29) is 0 Å². The van der Waals surface area contributed by atoms with Crippen molar-refractivity contribution in [1.82, 2.24) is 0 Å². The maximum atomic E-state index is 6.00. The lowest BCUT2D eigenvalue weighted by Crippen LogP contribution is -1.93. The molecule has 0 fully saturated rings. The van der Waals surface area contributed by atoms with Gasteiger partial charge in [0.25, 0.3) is 0 Å². The van der Waals surface area contributed by atoms with E-state index in [1.807, 2.05) is 18.2 Å². The molecule has 2 nitrogen and oxygen atoms in total. The van der Waals surface area contributed by atoms with Gasteiger partial charge >= 0.3 is 0 Å². The van der Waals surface area contributed by atoms with E-state index in [4.69, 9.17) is 10.5 Å².